The van der Waals surface area contributed by atoms with Gasteiger partial charge in [0.1, 0.15) is 16.5 Å². The number of morpholine rings is 1. The summed E-state index contributed by atoms with van der Waals surface area (Å²) in [5, 5.41) is 5.40. The molecule has 144 valence electrons. The summed E-state index contributed by atoms with van der Waals surface area (Å²) in [6.45, 7) is 3.03. The summed E-state index contributed by atoms with van der Waals surface area (Å²) in [7, 11) is 1.63. The molecule has 1 saturated heterocycles. The van der Waals surface area contributed by atoms with Crippen LogP contribution >= 0.6 is 11.3 Å². The summed E-state index contributed by atoms with van der Waals surface area (Å²) in [5.74, 6) is 0.460. The number of carbonyl (C=O) groups excluding carboxylic acids is 1. The third kappa shape index (κ3) is 3.97. The molecule has 4 rings (SSSR count). The number of rotatable bonds is 5. The lowest BCUT2D eigenvalue weighted by molar-refractivity contribution is 0.102. The van der Waals surface area contributed by atoms with Crippen LogP contribution in [-0.2, 0) is 4.74 Å². The van der Waals surface area contributed by atoms with E-state index in [9.17, 15) is 4.79 Å². The first-order chi connectivity index (χ1) is 13.7. The lowest BCUT2D eigenvalue weighted by Crippen LogP contribution is -2.36. The van der Waals surface area contributed by atoms with Gasteiger partial charge in [-0.3, -0.25) is 9.78 Å². The van der Waals surface area contributed by atoms with Gasteiger partial charge >= 0.3 is 0 Å². The number of nitrogens with one attached hydrogen (secondary N) is 1. The van der Waals surface area contributed by atoms with Crippen molar-refractivity contribution in [1.29, 1.82) is 0 Å². The summed E-state index contributed by atoms with van der Waals surface area (Å²) >= 11 is 1.42. The predicted molar refractivity (Wildman–Crippen MR) is 109 cm³/mol. The summed E-state index contributed by atoms with van der Waals surface area (Å²) in [5.41, 5.74) is 2.93. The molecule has 0 spiro atoms. The average molecular weight is 396 g/mol. The van der Waals surface area contributed by atoms with E-state index in [1.165, 1.54) is 11.3 Å². The highest BCUT2D eigenvalue weighted by Gasteiger charge is 2.17. The second-order valence-electron chi connectivity index (χ2n) is 6.22. The van der Waals surface area contributed by atoms with Crippen LogP contribution in [0, 0.1) is 0 Å². The van der Waals surface area contributed by atoms with Gasteiger partial charge in [-0.2, -0.15) is 0 Å². The first kappa shape index (κ1) is 18.4. The monoisotopic (exact) mass is 396 g/mol. The fraction of sp³-hybridized carbons (Fsp3) is 0.250. The fourth-order valence-electron chi connectivity index (χ4n) is 3.02. The van der Waals surface area contributed by atoms with Crippen molar-refractivity contribution in [2.75, 3.05) is 43.6 Å². The maximum atomic E-state index is 12.6. The molecule has 0 bridgehead atoms. The molecular formula is C20H20N4O3S. The standard InChI is InChI=1S/C20H20N4O3S/c1-26-18-11-15(4-5-17(18)24-7-9-27-10-8-24)22-19(25)16-13-28-20(23-16)14-3-2-6-21-12-14/h2-6,11-13H,7-10H2,1H3,(H,22,25). The number of carbonyl (C=O) groups is 1. The second-order valence-corrected chi connectivity index (χ2v) is 7.08. The van der Waals surface area contributed by atoms with E-state index in [1.54, 1.807) is 24.9 Å². The van der Waals surface area contributed by atoms with E-state index in [-0.39, 0.29) is 5.91 Å². The van der Waals surface area contributed by atoms with Crippen LogP contribution in [0.15, 0.2) is 48.1 Å². The highest BCUT2D eigenvalue weighted by molar-refractivity contribution is 7.13. The Kier molecular flexibility index (Phi) is 5.50. The Balaban J connectivity index is 1.49. The summed E-state index contributed by atoms with van der Waals surface area (Å²) in [4.78, 5) is 23.3. The summed E-state index contributed by atoms with van der Waals surface area (Å²) in [6, 6.07) is 9.43. The van der Waals surface area contributed by atoms with E-state index < -0.39 is 0 Å². The van der Waals surface area contributed by atoms with Gasteiger partial charge in [-0.25, -0.2) is 4.98 Å². The zero-order valence-corrected chi connectivity index (χ0v) is 16.2. The summed E-state index contributed by atoms with van der Waals surface area (Å²) < 4.78 is 10.9. The molecule has 1 amide bonds. The molecule has 2 aromatic heterocycles. The molecule has 3 aromatic rings. The second kappa shape index (κ2) is 8.37. The lowest BCUT2D eigenvalue weighted by Gasteiger charge is -2.30. The van der Waals surface area contributed by atoms with E-state index in [0.717, 1.165) is 29.3 Å². The number of hydrogen-bond acceptors (Lipinski definition) is 7. The molecule has 0 saturated carbocycles. The Bertz CT molecular complexity index is 955. The van der Waals surface area contributed by atoms with Gasteiger partial charge in [0.25, 0.3) is 5.91 Å². The van der Waals surface area contributed by atoms with Gasteiger partial charge < -0.3 is 19.7 Å². The SMILES string of the molecule is COc1cc(NC(=O)c2csc(-c3cccnc3)n2)ccc1N1CCOCC1. The normalized spacial score (nSPS) is 14.0. The van der Waals surface area contributed by atoms with Gasteiger partial charge in [0, 0.05) is 48.2 Å². The maximum Gasteiger partial charge on any atom is 0.275 e. The van der Waals surface area contributed by atoms with Crippen molar-refractivity contribution in [3.05, 3.63) is 53.8 Å². The van der Waals surface area contributed by atoms with E-state index in [4.69, 9.17) is 9.47 Å². The van der Waals surface area contributed by atoms with Crippen LogP contribution in [0.25, 0.3) is 10.6 Å². The van der Waals surface area contributed by atoms with E-state index in [1.807, 2.05) is 30.3 Å². The molecule has 1 aliphatic rings. The van der Waals surface area contributed by atoms with Gasteiger partial charge in [0.05, 0.1) is 26.0 Å². The molecule has 0 aliphatic carbocycles. The van der Waals surface area contributed by atoms with Gasteiger partial charge in [-0.1, -0.05) is 0 Å². The molecule has 0 unspecified atom stereocenters. The Labute approximate surface area is 167 Å². The molecule has 8 heteroatoms. The zero-order valence-electron chi connectivity index (χ0n) is 15.4. The number of amides is 1. The number of nitrogens with zero attached hydrogens (tertiary/aromatic N) is 3. The maximum absolute atomic E-state index is 12.6. The number of ether oxygens (including phenoxy) is 2. The minimum atomic E-state index is -0.257. The van der Waals surface area contributed by atoms with Gasteiger partial charge in [-0.15, -0.1) is 11.3 Å². The largest absolute Gasteiger partial charge is 0.495 e. The smallest absolute Gasteiger partial charge is 0.275 e. The third-order valence-electron chi connectivity index (χ3n) is 4.43. The number of anilines is 2. The van der Waals surface area contributed by atoms with Crippen LogP contribution in [0.2, 0.25) is 0 Å². The molecule has 1 aliphatic heterocycles. The van der Waals surface area contributed by atoms with Crippen molar-refractivity contribution in [3.63, 3.8) is 0 Å². The predicted octanol–water partition coefficient (Wildman–Crippen LogP) is 3.30. The zero-order chi connectivity index (χ0) is 19.3. The van der Waals surface area contributed by atoms with Crippen LogP contribution in [0.1, 0.15) is 10.5 Å². The Morgan fingerprint density at radius 3 is 2.89 bits per heavy atom. The number of thiazole rings is 1. The number of pyridine rings is 1. The molecule has 0 atom stereocenters. The van der Waals surface area contributed by atoms with Gasteiger partial charge in [0.15, 0.2) is 0 Å². The van der Waals surface area contributed by atoms with E-state index in [0.29, 0.717) is 30.3 Å². The van der Waals surface area contributed by atoms with Crippen LogP contribution in [0.3, 0.4) is 0 Å². The topological polar surface area (TPSA) is 76.6 Å². The highest BCUT2D eigenvalue weighted by atomic mass is 32.1. The van der Waals surface area contributed by atoms with Crippen molar-refractivity contribution in [2.45, 2.75) is 0 Å². The lowest BCUT2D eigenvalue weighted by atomic mass is 10.2. The molecule has 1 aromatic carbocycles. The molecule has 3 heterocycles. The van der Waals surface area contributed by atoms with Crippen LogP contribution in [0.5, 0.6) is 5.75 Å². The van der Waals surface area contributed by atoms with Crippen molar-refractivity contribution < 1.29 is 14.3 Å². The van der Waals surface area contributed by atoms with E-state index in [2.05, 4.69) is 20.2 Å². The van der Waals surface area contributed by atoms with Crippen LogP contribution < -0.4 is 15.0 Å². The minimum absolute atomic E-state index is 0.257. The first-order valence-corrected chi connectivity index (χ1v) is 9.80. The quantitative estimate of drug-likeness (QED) is 0.713. The van der Waals surface area contributed by atoms with Crippen LogP contribution in [-0.4, -0.2) is 49.3 Å². The van der Waals surface area contributed by atoms with Gasteiger partial charge in [0.2, 0.25) is 0 Å². The van der Waals surface area contributed by atoms with Crippen molar-refractivity contribution in [1.82, 2.24) is 9.97 Å². The van der Waals surface area contributed by atoms with Crippen molar-refractivity contribution in [3.8, 4) is 16.3 Å². The first-order valence-electron chi connectivity index (χ1n) is 8.92. The molecule has 28 heavy (non-hydrogen) atoms. The average Bonchev–Trinajstić information content (AvgIpc) is 3.25. The molecule has 1 N–H and O–H groups in total. The van der Waals surface area contributed by atoms with Crippen molar-refractivity contribution in [2.24, 2.45) is 0 Å². The minimum Gasteiger partial charge on any atom is -0.495 e. The fourth-order valence-corrected chi connectivity index (χ4v) is 3.81. The van der Waals surface area contributed by atoms with Crippen molar-refractivity contribution >= 4 is 28.6 Å². The summed E-state index contributed by atoms with van der Waals surface area (Å²) in [6.07, 6.45) is 3.44. The number of methoxy groups -OCH3 is 1. The molecule has 0 radical (unpaired) electrons. The molecular weight excluding hydrogens is 376 g/mol. The van der Waals surface area contributed by atoms with Gasteiger partial charge in [-0.05, 0) is 24.3 Å². The molecule has 1 fully saturated rings. The van der Waals surface area contributed by atoms with Crippen LogP contribution in [0.4, 0.5) is 11.4 Å². The molecule has 7 nitrogen and oxygen atoms in total. The Hall–Kier alpha value is -2.97. The number of benzene rings is 1. The van der Waals surface area contributed by atoms with E-state index >= 15 is 0 Å². The Morgan fingerprint density at radius 2 is 2.14 bits per heavy atom. The number of hydrogen-bond donors (Lipinski definition) is 1. The Morgan fingerprint density at radius 1 is 1.29 bits per heavy atom. The third-order valence-corrected chi connectivity index (χ3v) is 5.33. The number of aromatic nitrogens is 2. The highest BCUT2D eigenvalue weighted by Crippen LogP contribution is 2.32.